The van der Waals surface area contributed by atoms with E-state index >= 15 is 0 Å². The second kappa shape index (κ2) is 9.63. The summed E-state index contributed by atoms with van der Waals surface area (Å²) < 4.78 is 11.5. The van der Waals surface area contributed by atoms with Gasteiger partial charge in [-0.3, -0.25) is 9.69 Å². The van der Waals surface area contributed by atoms with Crippen LogP contribution in [0.4, 0.5) is 0 Å². The molecule has 0 bridgehead atoms. The van der Waals surface area contributed by atoms with Crippen LogP contribution in [-0.4, -0.2) is 55.2 Å². The molecule has 0 saturated carbocycles. The first-order valence-corrected chi connectivity index (χ1v) is 12.1. The molecule has 170 valence electrons. The summed E-state index contributed by atoms with van der Waals surface area (Å²) >= 11 is 0. The van der Waals surface area contributed by atoms with Crippen LogP contribution in [0.25, 0.3) is 0 Å². The summed E-state index contributed by atoms with van der Waals surface area (Å²) in [6, 6.07) is 12.9. The lowest BCUT2D eigenvalue weighted by molar-refractivity contribution is -0.150. The van der Waals surface area contributed by atoms with Gasteiger partial charge in [0.05, 0.1) is 13.7 Å². The fraction of sp³-hybridized carbons (Fsp3) is 0.519. The SMILES string of the molecule is COc1ccccc1CN1CCOC(C(=O)N2CCc3cc4c(cc3C2)CCCCC4)C1. The van der Waals surface area contributed by atoms with Crippen molar-refractivity contribution >= 4 is 5.91 Å². The molecule has 5 nitrogen and oxygen atoms in total. The Labute approximate surface area is 191 Å². The van der Waals surface area contributed by atoms with Crippen LogP contribution < -0.4 is 4.74 Å². The van der Waals surface area contributed by atoms with Crippen molar-refractivity contribution in [2.24, 2.45) is 0 Å². The van der Waals surface area contributed by atoms with Crippen molar-refractivity contribution in [3.05, 3.63) is 64.2 Å². The van der Waals surface area contributed by atoms with Crippen molar-refractivity contribution in [3.8, 4) is 5.75 Å². The zero-order valence-corrected chi connectivity index (χ0v) is 19.1. The zero-order valence-electron chi connectivity index (χ0n) is 19.1. The van der Waals surface area contributed by atoms with E-state index in [0.29, 0.717) is 19.7 Å². The number of rotatable bonds is 4. The van der Waals surface area contributed by atoms with E-state index in [-0.39, 0.29) is 12.0 Å². The molecule has 3 aliphatic rings. The third-order valence-corrected chi connectivity index (χ3v) is 7.25. The number of hydrogen-bond donors (Lipinski definition) is 0. The summed E-state index contributed by atoms with van der Waals surface area (Å²) in [5.41, 5.74) is 6.98. The highest BCUT2D eigenvalue weighted by Gasteiger charge is 2.32. The number of fused-ring (bicyclic) bond motifs is 2. The number of carbonyl (C=O) groups excluding carboxylic acids is 1. The quantitative estimate of drug-likeness (QED) is 0.688. The maximum absolute atomic E-state index is 13.4. The second-order valence-electron chi connectivity index (χ2n) is 9.37. The van der Waals surface area contributed by atoms with Gasteiger partial charge in [-0.1, -0.05) is 36.8 Å². The summed E-state index contributed by atoms with van der Waals surface area (Å²) in [7, 11) is 1.71. The number of hydrogen-bond acceptors (Lipinski definition) is 4. The summed E-state index contributed by atoms with van der Waals surface area (Å²) in [6.07, 6.45) is 6.87. The maximum atomic E-state index is 13.4. The number of ether oxygens (including phenoxy) is 2. The fourth-order valence-corrected chi connectivity index (χ4v) is 5.45. The average Bonchev–Trinajstić information content (AvgIpc) is 3.07. The summed E-state index contributed by atoms with van der Waals surface area (Å²) in [4.78, 5) is 17.7. The van der Waals surface area contributed by atoms with Crippen molar-refractivity contribution < 1.29 is 14.3 Å². The van der Waals surface area contributed by atoms with Gasteiger partial charge in [0.15, 0.2) is 0 Å². The van der Waals surface area contributed by atoms with Crippen LogP contribution in [0.3, 0.4) is 0 Å². The minimum absolute atomic E-state index is 0.135. The molecule has 0 radical (unpaired) electrons. The Morgan fingerprint density at radius 2 is 1.75 bits per heavy atom. The van der Waals surface area contributed by atoms with Gasteiger partial charge in [-0.2, -0.15) is 0 Å². The van der Waals surface area contributed by atoms with Crippen LogP contribution in [0, 0.1) is 0 Å². The molecule has 1 amide bonds. The second-order valence-corrected chi connectivity index (χ2v) is 9.37. The molecular formula is C27H34N2O3. The van der Waals surface area contributed by atoms with Crippen molar-refractivity contribution in [1.29, 1.82) is 0 Å². The van der Waals surface area contributed by atoms with Gasteiger partial charge in [0, 0.05) is 38.3 Å². The Bertz CT molecular complexity index is 973. The van der Waals surface area contributed by atoms with Crippen LogP contribution in [0.1, 0.15) is 47.1 Å². The number of methoxy groups -OCH3 is 1. The molecule has 2 aromatic rings. The van der Waals surface area contributed by atoms with E-state index in [4.69, 9.17) is 9.47 Å². The molecule has 2 aromatic carbocycles. The zero-order chi connectivity index (χ0) is 21.9. The number of nitrogens with zero attached hydrogens (tertiary/aromatic N) is 2. The summed E-state index contributed by atoms with van der Waals surface area (Å²) in [5.74, 6) is 1.03. The largest absolute Gasteiger partial charge is 0.496 e. The highest BCUT2D eigenvalue weighted by molar-refractivity contribution is 5.81. The van der Waals surface area contributed by atoms with Gasteiger partial charge in [-0.15, -0.1) is 0 Å². The van der Waals surface area contributed by atoms with Crippen molar-refractivity contribution in [2.75, 3.05) is 33.4 Å². The first kappa shape index (κ1) is 21.5. The predicted octanol–water partition coefficient (Wildman–Crippen LogP) is 3.75. The van der Waals surface area contributed by atoms with Crippen molar-refractivity contribution in [1.82, 2.24) is 9.80 Å². The van der Waals surface area contributed by atoms with Crippen molar-refractivity contribution in [3.63, 3.8) is 0 Å². The van der Waals surface area contributed by atoms with Gasteiger partial charge < -0.3 is 14.4 Å². The standard InChI is InChI=1S/C27H34N2O3/c1-31-25-10-6-5-9-23(25)17-28-13-14-32-26(19-28)27(30)29-12-11-22-15-20-7-3-2-4-8-21(20)16-24(22)18-29/h5-6,9-10,15-16,26H,2-4,7-8,11-14,17-19H2,1H3. The molecule has 0 aromatic heterocycles. The number of morpholine rings is 1. The molecule has 1 atom stereocenters. The normalized spacial score (nSPS) is 21.4. The van der Waals surface area contributed by atoms with E-state index in [1.807, 2.05) is 23.1 Å². The molecular weight excluding hydrogens is 400 g/mol. The topological polar surface area (TPSA) is 42.0 Å². The minimum atomic E-state index is -0.388. The molecule has 2 aliphatic heterocycles. The number of para-hydroxylation sites is 1. The van der Waals surface area contributed by atoms with Gasteiger partial charge in [-0.25, -0.2) is 0 Å². The Morgan fingerprint density at radius 1 is 1.00 bits per heavy atom. The molecule has 5 heteroatoms. The Kier molecular flexibility index (Phi) is 6.47. The Morgan fingerprint density at radius 3 is 2.56 bits per heavy atom. The highest BCUT2D eigenvalue weighted by atomic mass is 16.5. The fourth-order valence-electron chi connectivity index (χ4n) is 5.45. The Hall–Kier alpha value is -2.37. The summed E-state index contributed by atoms with van der Waals surface area (Å²) in [5, 5.41) is 0. The molecule has 1 fully saturated rings. The van der Waals surface area contributed by atoms with Gasteiger partial charge in [0.1, 0.15) is 11.9 Å². The third kappa shape index (κ3) is 4.55. The van der Waals surface area contributed by atoms with Crippen molar-refractivity contribution in [2.45, 2.75) is 57.7 Å². The summed E-state index contributed by atoms with van der Waals surface area (Å²) in [6.45, 7) is 4.32. The lowest BCUT2D eigenvalue weighted by Crippen LogP contribution is -2.51. The van der Waals surface area contributed by atoms with Crippen LogP contribution >= 0.6 is 0 Å². The lowest BCUT2D eigenvalue weighted by Gasteiger charge is -2.37. The predicted molar refractivity (Wildman–Crippen MR) is 125 cm³/mol. The average molecular weight is 435 g/mol. The van der Waals surface area contributed by atoms with Gasteiger partial charge in [0.2, 0.25) is 0 Å². The van der Waals surface area contributed by atoms with E-state index < -0.39 is 0 Å². The van der Waals surface area contributed by atoms with E-state index in [2.05, 4.69) is 23.1 Å². The molecule has 5 rings (SSSR count). The number of aryl methyl sites for hydroxylation is 2. The minimum Gasteiger partial charge on any atom is -0.496 e. The van der Waals surface area contributed by atoms with E-state index in [1.54, 1.807) is 12.7 Å². The van der Waals surface area contributed by atoms with Gasteiger partial charge >= 0.3 is 0 Å². The number of amides is 1. The van der Waals surface area contributed by atoms with Crippen LogP contribution in [-0.2, 0) is 41.9 Å². The monoisotopic (exact) mass is 434 g/mol. The molecule has 2 heterocycles. The maximum Gasteiger partial charge on any atom is 0.253 e. The van der Waals surface area contributed by atoms with Crippen LogP contribution in [0.5, 0.6) is 5.75 Å². The first-order chi connectivity index (χ1) is 15.7. The molecule has 1 unspecified atom stereocenters. The molecule has 0 N–H and O–H groups in total. The molecule has 1 aliphatic carbocycles. The number of benzene rings is 2. The lowest BCUT2D eigenvalue weighted by atomic mass is 9.91. The molecule has 32 heavy (non-hydrogen) atoms. The van der Waals surface area contributed by atoms with Crippen LogP contribution in [0.2, 0.25) is 0 Å². The van der Waals surface area contributed by atoms with E-state index in [0.717, 1.165) is 37.4 Å². The Balaban J connectivity index is 1.25. The third-order valence-electron chi connectivity index (χ3n) is 7.25. The highest BCUT2D eigenvalue weighted by Crippen LogP contribution is 2.29. The molecule has 1 saturated heterocycles. The van der Waals surface area contributed by atoms with Gasteiger partial charge in [-0.05, 0) is 60.4 Å². The van der Waals surface area contributed by atoms with Gasteiger partial charge in [0.25, 0.3) is 5.91 Å². The first-order valence-electron chi connectivity index (χ1n) is 12.1. The van der Waals surface area contributed by atoms with E-state index in [1.165, 1.54) is 48.8 Å². The molecule has 0 spiro atoms. The smallest absolute Gasteiger partial charge is 0.253 e. The van der Waals surface area contributed by atoms with Crippen LogP contribution in [0.15, 0.2) is 36.4 Å². The van der Waals surface area contributed by atoms with E-state index in [9.17, 15) is 4.79 Å². The number of carbonyl (C=O) groups is 1.